The smallest absolute Gasteiger partial charge is 0.269 e. The first-order valence-corrected chi connectivity index (χ1v) is 7.39. The number of carbonyl (C=O) groups is 1. The molecule has 2 fully saturated rings. The van der Waals surface area contributed by atoms with Gasteiger partial charge in [-0.25, -0.2) is 0 Å². The Morgan fingerprint density at radius 2 is 1.81 bits per heavy atom. The molecule has 1 saturated carbocycles. The van der Waals surface area contributed by atoms with E-state index in [1.807, 2.05) is 4.90 Å². The molecule has 1 saturated heterocycles. The summed E-state index contributed by atoms with van der Waals surface area (Å²) in [5.41, 5.74) is 7.11. The Labute approximate surface area is 123 Å². The van der Waals surface area contributed by atoms with Gasteiger partial charge in [-0.2, -0.15) is 0 Å². The molecule has 0 spiro atoms. The van der Waals surface area contributed by atoms with Gasteiger partial charge in [0, 0.05) is 30.6 Å². The third-order valence-electron chi connectivity index (χ3n) is 4.57. The average molecular weight is 289 g/mol. The predicted octanol–water partition coefficient (Wildman–Crippen LogP) is 2.14. The SMILES string of the molecule is NC1CC(=O)N(C2CCCC2)C1c1ccc([N+](=O)[O-])cc1. The third kappa shape index (κ3) is 2.51. The Morgan fingerprint density at radius 1 is 1.19 bits per heavy atom. The van der Waals surface area contributed by atoms with Gasteiger partial charge in [-0.05, 0) is 18.4 Å². The first kappa shape index (κ1) is 14.0. The summed E-state index contributed by atoms with van der Waals surface area (Å²) in [5.74, 6) is 0.109. The van der Waals surface area contributed by atoms with Crippen LogP contribution in [0.1, 0.15) is 43.7 Å². The summed E-state index contributed by atoms with van der Waals surface area (Å²) in [6, 6.07) is 6.30. The number of benzene rings is 1. The summed E-state index contributed by atoms with van der Waals surface area (Å²) in [4.78, 5) is 24.5. The fraction of sp³-hybridized carbons (Fsp3) is 0.533. The molecule has 2 atom stereocenters. The predicted molar refractivity (Wildman–Crippen MR) is 77.5 cm³/mol. The van der Waals surface area contributed by atoms with Crippen molar-refractivity contribution in [3.8, 4) is 0 Å². The van der Waals surface area contributed by atoms with Gasteiger partial charge >= 0.3 is 0 Å². The number of nitro benzene ring substituents is 1. The number of carbonyl (C=O) groups excluding carboxylic acids is 1. The highest BCUT2D eigenvalue weighted by Crippen LogP contribution is 2.38. The van der Waals surface area contributed by atoms with Crippen molar-refractivity contribution in [1.82, 2.24) is 4.90 Å². The molecule has 112 valence electrons. The van der Waals surface area contributed by atoms with Crippen LogP contribution < -0.4 is 5.73 Å². The minimum Gasteiger partial charge on any atom is -0.331 e. The van der Waals surface area contributed by atoms with Crippen LogP contribution in [0.3, 0.4) is 0 Å². The van der Waals surface area contributed by atoms with Gasteiger partial charge < -0.3 is 10.6 Å². The van der Waals surface area contributed by atoms with Crippen molar-refractivity contribution in [2.24, 2.45) is 5.73 Å². The molecular weight excluding hydrogens is 270 g/mol. The van der Waals surface area contributed by atoms with Gasteiger partial charge in [0.15, 0.2) is 0 Å². The van der Waals surface area contributed by atoms with Gasteiger partial charge in [0.25, 0.3) is 5.69 Å². The third-order valence-corrected chi connectivity index (χ3v) is 4.57. The fourth-order valence-corrected chi connectivity index (χ4v) is 3.59. The molecule has 0 bridgehead atoms. The molecule has 3 rings (SSSR count). The van der Waals surface area contributed by atoms with Crippen molar-refractivity contribution >= 4 is 11.6 Å². The zero-order valence-electron chi connectivity index (χ0n) is 11.8. The molecule has 2 aliphatic rings. The van der Waals surface area contributed by atoms with E-state index in [0.29, 0.717) is 6.42 Å². The number of nitrogens with two attached hydrogens (primary N) is 1. The van der Waals surface area contributed by atoms with Gasteiger partial charge in [0.2, 0.25) is 5.91 Å². The van der Waals surface area contributed by atoms with E-state index in [1.54, 1.807) is 12.1 Å². The lowest BCUT2D eigenvalue weighted by molar-refractivity contribution is -0.384. The van der Waals surface area contributed by atoms with E-state index in [1.165, 1.54) is 12.1 Å². The molecule has 2 N–H and O–H groups in total. The molecule has 6 nitrogen and oxygen atoms in total. The molecule has 1 aromatic rings. The van der Waals surface area contributed by atoms with E-state index >= 15 is 0 Å². The molecule has 6 heteroatoms. The zero-order valence-corrected chi connectivity index (χ0v) is 11.8. The molecule has 0 radical (unpaired) electrons. The topological polar surface area (TPSA) is 89.5 Å². The maximum absolute atomic E-state index is 12.3. The van der Waals surface area contributed by atoms with Crippen molar-refractivity contribution in [1.29, 1.82) is 0 Å². The number of nitro groups is 1. The van der Waals surface area contributed by atoms with Crippen LogP contribution in [0, 0.1) is 10.1 Å². The van der Waals surface area contributed by atoms with Crippen molar-refractivity contribution in [2.45, 2.75) is 50.2 Å². The molecular formula is C15H19N3O3. The molecule has 1 amide bonds. The Hall–Kier alpha value is -1.95. The average Bonchev–Trinajstić information content (AvgIpc) is 3.06. The number of rotatable bonds is 3. The number of hydrogen-bond donors (Lipinski definition) is 1. The van der Waals surface area contributed by atoms with Crippen LogP contribution in [0.15, 0.2) is 24.3 Å². The highest BCUT2D eigenvalue weighted by Gasteiger charge is 2.42. The van der Waals surface area contributed by atoms with E-state index in [2.05, 4.69) is 0 Å². The van der Waals surface area contributed by atoms with Crippen LogP contribution in [-0.4, -0.2) is 27.8 Å². The van der Waals surface area contributed by atoms with Crippen molar-refractivity contribution < 1.29 is 9.72 Å². The Bertz CT molecular complexity index is 552. The van der Waals surface area contributed by atoms with E-state index in [-0.39, 0.29) is 29.7 Å². The summed E-state index contributed by atoms with van der Waals surface area (Å²) >= 11 is 0. The van der Waals surface area contributed by atoms with Crippen LogP contribution >= 0.6 is 0 Å². The second-order valence-electron chi connectivity index (χ2n) is 5.90. The lowest BCUT2D eigenvalue weighted by Gasteiger charge is -2.32. The molecule has 0 aromatic heterocycles. The first-order chi connectivity index (χ1) is 10.1. The van der Waals surface area contributed by atoms with E-state index < -0.39 is 4.92 Å². The van der Waals surface area contributed by atoms with Gasteiger partial charge in [-0.1, -0.05) is 25.0 Å². The van der Waals surface area contributed by atoms with Gasteiger partial charge in [0.1, 0.15) is 0 Å². The molecule has 1 heterocycles. The quantitative estimate of drug-likeness (QED) is 0.682. The van der Waals surface area contributed by atoms with E-state index in [0.717, 1.165) is 31.2 Å². The molecule has 1 aliphatic carbocycles. The summed E-state index contributed by atoms with van der Waals surface area (Å²) in [5, 5.41) is 10.7. The van der Waals surface area contributed by atoms with Gasteiger partial charge in [-0.15, -0.1) is 0 Å². The zero-order chi connectivity index (χ0) is 15.0. The number of hydrogen-bond acceptors (Lipinski definition) is 4. The van der Waals surface area contributed by atoms with Crippen molar-refractivity contribution in [3.63, 3.8) is 0 Å². The largest absolute Gasteiger partial charge is 0.331 e. The normalized spacial score (nSPS) is 26.5. The maximum Gasteiger partial charge on any atom is 0.269 e. The molecule has 21 heavy (non-hydrogen) atoms. The highest BCUT2D eigenvalue weighted by atomic mass is 16.6. The maximum atomic E-state index is 12.3. The summed E-state index contributed by atoms with van der Waals surface area (Å²) in [6.45, 7) is 0. The monoisotopic (exact) mass is 289 g/mol. The summed E-state index contributed by atoms with van der Waals surface area (Å²) in [6.07, 6.45) is 4.72. The van der Waals surface area contributed by atoms with Crippen molar-refractivity contribution in [3.05, 3.63) is 39.9 Å². The Balaban J connectivity index is 1.89. The minimum atomic E-state index is -0.418. The fourth-order valence-electron chi connectivity index (χ4n) is 3.59. The van der Waals surface area contributed by atoms with Gasteiger partial charge in [-0.3, -0.25) is 14.9 Å². The number of non-ortho nitro benzene ring substituents is 1. The van der Waals surface area contributed by atoms with Crippen LogP contribution in [0.4, 0.5) is 5.69 Å². The molecule has 2 unspecified atom stereocenters. The van der Waals surface area contributed by atoms with Crippen LogP contribution in [0.2, 0.25) is 0 Å². The standard InChI is InChI=1S/C15H19N3O3/c16-13-9-14(19)17(11-3-1-2-4-11)15(13)10-5-7-12(8-6-10)18(20)21/h5-8,11,13,15H,1-4,9,16H2. The number of likely N-dealkylation sites (tertiary alicyclic amines) is 1. The number of amides is 1. The second-order valence-corrected chi connectivity index (χ2v) is 5.90. The van der Waals surface area contributed by atoms with Crippen LogP contribution in [-0.2, 0) is 4.79 Å². The molecule has 1 aromatic carbocycles. The lowest BCUT2D eigenvalue weighted by Crippen LogP contribution is -2.39. The Morgan fingerprint density at radius 3 is 2.38 bits per heavy atom. The van der Waals surface area contributed by atoms with E-state index in [9.17, 15) is 14.9 Å². The summed E-state index contributed by atoms with van der Waals surface area (Å²) in [7, 11) is 0. The molecule has 1 aliphatic heterocycles. The van der Waals surface area contributed by atoms with E-state index in [4.69, 9.17) is 5.73 Å². The minimum absolute atomic E-state index is 0.0593. The second kappa shape index (κ2) is 5.44. The van der Waals surface area contributed by atoms with Crippen molar-refractivity contribution in [2.75, 3.05) is 0 Å². The first-order valence-electron chi connectivity index (χ1n) is 7.39. The summed E-state index contributed by atoms with van der Waals surface area (Å²) < 4.78 is 0. The van der Waals surface area contributed by atoms with Gasteiger partial charge in [0.05, 0.1) is 11.0 Å². The lowest BCUT2D eigenvalue weighted by atomic mass is 9.99. The number of nitrogens with zero attached hydrogens (tertiary/aromatic N) is 2. The Kier molecular flexibility index (Phi) is 3.63. The van der Waals surface area contributed by atoms with Crippen LogP contribution in [0.25, 0.3) is 0 Å². The highest BCUT2D eigenvalue weighted by molar-refractivity contribution is 5.80. The van der Waals surface area contributed by atoms with Crippen LogP contribution in [0.5, 0.6) is 0 Å².